The molecule has 0 aromatic heterocycles. The summed E-state index contributed by atoms with van der Waals surface area (Å²) >= 11 is 1.77. The van der Waals surface area contributed by atoms with E-state index in [0.717, 1.165) is 6.54 Å². The normalized spacial score (nSPS) is 27.7. The van der Waals surface area contributed by atoms with Crippen LogP contribution in [0.5, 0.6) is 0 Å². The summed E-state index contributed by atoms with van der Waals surface area (Å²) in [5, 5.41) is 3.44. The summed E-state index contributed by atoms with van der Waals surface area (Å²) in [6.07, 6.45) is 0. The lowest BCUT2D eigenvalue weighted by molar-refractivity contribution is 0.407. The van der Waals surface area contributed by atoms with Crippen LogP contribution in [0.3, 0.4) is 0 Å². The van der Waals surface area contributed by atoms with Crippen molar-refractivity contribution in [3.63, 3.8) is 0 Å². The smallest absolute Gasteiger partial charge is 0.168 e. The van der Waals surface area contributed by atoms with E-state index in [1.54, 1.807) is 11.8 Å². The van der Waals surface area contributed by atoms with Gasteiger partial charge in [-0.2, -0.15) is 0 Å². The van der Waals surface area contributed by atoms with Gasteiger partial charge in [0.15, 0.2) is 5.17 Å². The Bertz CT molecular complexity index is 255. The topological polar surface area (TPSA) is 15.6 Å². The highest BCUT2D eigenvalue weighted by Gasteiger charge is 2.32. The summed E-state index contributed by atoms with van der Waals surface area (Å²) in [4.78, 5) is 6.84. The predicted octanol–water partition coefficient (Wildman–Crippen LogP) is 2.29. The fraction of sp³-hybridized carbons (Fsp3) is 0.667. The van der Waals surface area contributed by atoms with E-state index in [-0.39, 0.29) is 0 Å². The van der Waals surface area contributed by atoms with E-state index in [2.05, 4.69) is 36.1 Å². The highest BCUT2D eigenvalue weighted by atomic mass is 32.2. The molecule has 2 heterocycles. The van der Waals surface area contributed by atoms with Gasteiger partial charge in [0.1, 0.15) is 0 Å². The first-order valence-corrected chi connectivity index (χ1v) is 5.28. The Kier molecular flexibility index (Phi) is 1.91. The van der Waals surface area contributed by atoms with Crippen LogP contribution in [0, 0.1) is 5.92 Å². The Balaban J connectivity index is 2.24. The zero-order valence-corrected chi connectivity index (χ0v) is 8.56. The van der Waals surface area contributed by atoms with Gasteiger partial charge in [-0.05, 0) is 18.2 Å². The van der Waals surface area contributed by atoms with Gasteiger partial charge in [-0.1, -0.05) is 25.6 Å². The molecule has 0 saturated carbocycles. The second-order valence-electron chi connectivity index (χ2n) is 3.66. The van der Waals surface area contributed by atoms with Gasteiger partial charge >= 0.3 is 0 Å². The second kappa shape index (κ2) is 2.80. The van der Waals surface area contributed by atoms with Crippen molar-refractivity contribution in [3.8, 4) is 0 Å². The second-order valence-corrected chi connectivity index (χ2v) is 4.49. The number of hydrogen-bond acceptors (Lipinski definition) is 3. The molecular weight excluding hydrogens is 168 g/mol. The maximum atomic E-state index is 4.46. The minimum absolute atomic E-state index is 0.573. The molecule has 0 radical (unpaired) electrons. The molecular formula is C9H14N2S. The highest BCUT2D eigenvalue weighted by molar-refractivity contribution is 8.16. The summed E-state index contributed by atoms with van der Waals surface area (Å²) in [6, 6.07) is 0.573. The van der Waals surface area contributed by atoms with Crippen molar-refractivity contribution in [1.29, 1.82) is 0 Å². The summed E-state index contributed by atoms with van der Waals surface area (Å²) in [7, 11) is 0. The fourth-order valence-electron chi connectivity index (χ4n) is 1.60. The van der Waals surface area contributed by atoms with E-state index in [1.807, 2.05) is 0 Å². The lowest BCUT2D eigenvalue weighted by Gasteiger charge is -2.24. The van der Waals surface area contributed by atoms with Crippen molar-refractivity contribution in [3.05, 3.63) is 11.1 Å². The molecule has 0 aromatic carbocycles. The minimum atomic E-state index is 0.573. The molecule has 0 saturated heterocycles. The number of aliphatic imine (C=N–C) groups is 1. The molecule has 0 spiro atoms. The van der Waals surface area contributed by atoms with Gasteiger partial charge in [0.25, 0.3) is 0 Å². The molecule has 0 bridgehead atoms. The zero-order chi connectivity index (χ0) is 8.72. The van der Waals surface area contributed by atoms with E-state index in [4.69, 9.17) is 0 Å². The third kappa shape index (κ3) is 1.07. The van der Waals surface area contributed by atoms with Crippen molar-refractivity contribution < 1.29 is 0 Å². The molecule has 0 amide bonds. The number of fused-ring (bicyclic) bond motifs is 1. The Morgan fingerprint density at radius 3 is 3.08 bits per heavy atom. The van der Waals surface area contributed by atoms with E-state index in [0.29, 0.717) is 12.0 Å². The van der Waals surface area contributed by atoms with Crippen molar-refractivity contribution in [2.45, 2.75) is 26.8 Å². The molecule has 2 rings (SSSR count). The molecule has 66 valence electrons. The van der Waals surface area contributed by atoms with Gasteiger partial charge < -0.3 is 4.90 Å². The lowest BCUT2D eigenvalue weighted by Crippen LogP contribution is -2.31. The fourth-order valence-corrected chi connectivity index (χ4v) is 2.76. The summed E-state index contributed by atoms with van der Waals surface area (Å²) in [5.74, 6) is 0.616. The SMILES string of the molecule is CC(C)C1=CSC2=NCC(C)N12. The first-order valence-electron chi connectivity index (χ1n) is 4.40. The number of allylic oxidation sites excluding steroid dienone is 1. The maximum Gasteiger partial charge on any atom is 0.168 e. The van der Waals surface area contributed by atoms with Crippen LogP contribution in [0.1, 0.15) is 20.8 Å². The molecule has 1 unspecified atom stereocenters. The van der Waals surface area contributed by atoms with Crippen LogP contribution in [-0.2, 0) is 0 Å². The van der Waals surface area contributed by atoms with E-state index < -0.39 is 0 Å². The van der Waals surface area contributed by atoms with Crippen LogP contribution < -0.4 is 0 Å². The molecule has 12 heavy (non-hydrogen) atoms. The average Bonchev–Trinajstić information content (AvgIpc) is 2.53. The van der Waals surface area contributed by atoms with E-state index >= 15 is 0 Å². The van der Waals surface area contributed by atoms with Gasteiger partial charge in [-0.25, -0.2) is 0 Å². The molecule has 0 fully saturated rings. The standard InChI is InChI=1S/C9H14N2S/c1-6(2)8-5-12-9-10-4-7(3)11(8)9/h5-7H,4H2,1-3H3. The molecule has 1 atom stereocenters. The van der Waals surface area contributed by atoms with Crippen LogP contribution in [0.15, 0.2) is 16.1 Å². The zero-order valence-electron chi connectivity index (χ0n) is 7.74. The molecule has 3 heteroatoms. The number of rotatable bonds is 1. The van der Waals surface area contributed by atoms with Crippen molar-refractivity contribution in [1.82, 2.24) is 4.90 Å². The van der Waals surface area contributed by atoms with Gasteiger partial charge in [0.05, 0.1) is 12.6 Å². The Hall–Kier alpha value is -0.440. The van der Waals surface area contributed by atoms with Gasteiger partial charge in [0.2, 0.25) is 0 Å². The maximum absolute atomic E-state index is 4.46. The van der Waals surface area contributed by atoms with Crippen LogP contribution >= 0.6 is 11.8 Å². The molecule has 0 aromatic rings. The van der Waals surface area contributed by atoms with Gasteiger partial charge in [-0.15, -0.1) is 0 Å². The molecule has 2 nitrogen and oxygen atoms in total. The van der Waals surface area contributed by atoms with Crippen molar-refractivity contribution >= 4 is 16.9 Å². The monoisotopic (exact) mass is 182 g/mol. The van der Waals surface area contributed by atoms with Gasteiger partial charge in [-0.3, -0.25) is 4.99 Å². The quantitative estimate of drug-likeness (QED) is 0.618. The number of thioether (sulfide) groups is 1. The molecule has 2 aliphatic rings. The van der Waals surface area contributed by atoms with Crippen LogP contribution in [0.25, 0.3) is 0 Å². The first-order chi connectivity index (χ1) is 5.70. The largest absolute Gasteiger partial charge is 0.319 e. The van der Waals surface area contributed by atoms with Crippen LogP contribution in [0.2, 0.25) is 0 Å². The van der Waals surface area contributed by atoms with Crippen LogP contribution in [-0.4, -0.2) is 22.7 Å². The lowest BCUT2D eigenvalue weighted by atomic mass is 10.1. The minimum Gasteiger partial charge on any atom is -0.319 e. The van der Waals surface area contributed by atoms with E-state index in [9.17, 15) is 0 Å². The highest BCUT2D eigenvalue weighted by Crippen LogP contribution is 2.35. The third-order valence-electron chi connectivity index (χ3n) is 2.29. The summed E-state index contributed by atoms with van der Waals surface area (Å²) in [5.41, 5.74) is 1.43. The summed E-state index contributed by atoms with van der Waals surface area (Å²) < 4.78 is 0. The predicted molar refractivity (Wildman–Crippen MR) is 54.1 cm³/mol. The first kappa shape index (κ1) is 8.17. The Morgan fingerprint density at radius 1 is 1.67 bits per heavy atom. The molecule has 0 aliphatic carbocycles. The third-order valence-corrected chi connectivity index (χ3v) is 3.19. The number of nitrogens with zero attached hydrogens (tertiary/aromatic N) is 2. The average molecular weight is 182 g/mol. The van der Waals surface area contributed by atoms with E-state index in [1.165, 1.54) is 10.9 Å². The molecule has 0 N–H and O–H groups in total. The van der Waals surface area contributed by atoms with Gasteiger partial charge in [0, 0.05) is 5.70 Å². The number of amidine groups is 1. The summed E-state index contributed by atoms with van der Waals surface area (Å²) in [6.45, 7) is 7.67. The van der Waals surface area contributed by atoms with Crippen LogP contribution in [0.4, 0.5) is 0 Å². The number of hydrogen-bond donors (Lipinski definition) is 0. The molecule has 2 aliphatic heterocycles. The van der Waals surface area contributed by atoms with Crippen molar-refractivity contribution in [2.75, 3.05) is 6.54 Å². The Labute approximate surface area is 77.7 Å². The van der Waals surface area contributed by atoms with Crippen molar-refractivity contribution in [2.24, 2.45) is 10.9 Å². The Morgan fingerprint density at radius 2 is 2.42 bits per heavy atom.